The lowest BCUT2D eigenvalue weighted by atomic mass is 10.2. The molecule has 1 unspecified atom stereocenters. The third-order valence-corrected chi connectivity index (χ3v) is 3.07. The lowest BCUT2D eigenvalue weighted by Gasteiger charge is -2.18. The predicted octanol–water partition coefficient (Wildman–Crippen LogP) is 3.91. The van der Waals surface area contributed by atoms with Gasteiger partial charge < -0.3 is 10.1 Å². The third kappa shape index (κ3) is 4.37. The molecule has 1 N–H and O–H groups in total. The van der Waals surface area contributed by atoms with E-state index in [0.29, 0.717) is 11.8 Å². The Morgan fingerprint density at radius 1 is 1.16 bits per heavy atom. The molecule has 0 saturated heterocycles. The first-order valence-corrected chi connectivity index (χ1v) is 7.28. The Bertz CT molecular complexity index is 405. The molecule has 1 heterocycles. The molecule has 1 aromatic rings. The summed E-state index contributed by atoms with van der Waals surface area (Å²) in [5.41, 5.74) is 0.998. The van der Waals surface area contributed by atoms with Gasteiger partial charge in [0.1, 0.15) is 11.6 Å². The molecule has 0 spiro atoms. The largest absolute Gasteiger partial charge is 0.474 e. The summed E-state index contributed by atoms with van der Waals surface area (Å²) < 4.78 is 5.91. The molecule has 0 aliphatic heterocycles. The minimum Gasteiger partial charge on any atom is -0.474 e. The summed E-state index contributed by atoms with van der Waals surface area (Å²) in [4.78, 5) is 9.16. The molecule has 1 atom stereocenters. The second kappa shape index (κ2) is 7.31. The van der Waals surface area contributed by atoms with Crippen LogP contribution in [0.15, 0.2) is 0 Å². The zero-order chi connectivity index (χ0) is 14.4. The highest BCUT2D eigenvalue weighted by atomic mass is 16.5. The Balaban J connectivity index is 3.09. The number of aromatic nitrogens is 2. The van der Waals surface area contributed by atoms with Gasteiger partial charge in [-0.2, -0.15) is 4.98 Å². The normalized spacial score (nSPS) is 12.6. The summed E-state index contributed by atoms with van der Waals surface area (Å²) in [5.74, 6) is 2.75. The Morgan fingerprint density at radius 2 is 1.84 bits per heavy atom. The van der Waals surface area contributed by atoms with Gasteiger partial charge in [0.2, 0.25) is 5.88 Å². The van der Waals surface area contributed by atoms with E-state index in [1.165, 1.54) is 0 Å². The molecule has 0 radical (unpaired) electrons. The fourth-order valence-electron chi connectivity index (χ4n) is 1.57. The van der Waals surface area contributed by atoms with E-state index in [4.69, 9.17) is 4.74 Å². The van der Waals surface area contributed by atoms with Crippen LogP contribution >= 0.6 is 0 Å². The number of rotatable bonds is 7. The maximum absolute atomic E-state index is 5.91. The van der Waals surface area contributed by atoms with Crippen LogP contribution in [0.1, 0.15) is 64.8 Å². The summed E-state index contributed by atoms with van der Waals surface area (Å²) in [7, 11) is 0. The van der Waals surface area contributed by atoms with Crippen LogP contribution in [0, 0.1) is 6.92 Å². The molecule has 1 aromatic heterocycles. The molecule has 1 rings (SSSR count). The van der Waals surface area contributed by atoms with Gasteiger partial charge in [-0.1, -0.05) is 27.7 Å². The zero-order valence-electron chi connectivity index (χ0n) is 13.1. The van der Waals surface area contributed by atoms with Gasteiger partial charge in [-0.25, -0.2) is 4.98 Å². The first-order valence-electron chi connectivity index (χ1n) is 7.28. The molecule has 108 valence electrons. The third-order valence-electron chi connectivity index (χ3n) is 3.07. The summed E-state index contributed by atoms with van der Waals surface area (Å²) in [6.45, 7) is 13.4. The maximum atomic E-state index is 5.91. The number of nitrogens with zero attached hydrogens (tertiary/aromatic N) is 2. The van der Waals surface area contributed by atoms with Crippen molar-refractivity contribution in [2.24, 2.45) is 0 Å². The molecule has 0 aliphatic carbocycles. The van der Waals surface area contributed by atoms with Gasteiger partial charge in [-0.15, -0.1) is 0 Å². The smallest absolute Gasteiger partial charge is 0.222 e. The predicted molar refractivity (Wildman–Crippen MR) is 80.0 cm³/mol. The van der Waals surface area contributed by atoms with E-state index in [1.807, 2.05) is 6.92 Å². The summed E-state index contributed by atoms with van der Waals surface area (Å²) in [6.07, 6.45) is 2.22. The number of nitrogens with one attached hydrogen (secondary N) is 1. The molecule has 0 bridgehead atoms. The van der Waals surface area contributed by atoms with Crippen LogP contribution in [-0.2, 0) is 0 Å². The van der Waals surface area contributed by atoms with Gasteiger partial charge in [0.05, 0.1) is 11.7 Å². The van der Waals surface area contributed by atoms with E-state index in [-0.39, 0.29) is 6.10 Å². The number of ether oxygens (including phenoxy) is 1. The molecule has 0 aromatic carbocycles. The van der Waals surface area contributed by atoms with E-state index in [9.17, 15) is 0 Å². The van der Waals surface area contributed by atoms with Gasteiger partial charge >= 0.3 is 0 Å². The first-order chi connectivity index (χ1) is 8.99. The molecule has 4 heteroatoms. The monoisotopic (exact) mass is 265 g/mol. The van der Waals surface area contributed by atoms with E-state index >= 15 is 0 Å². The molecular weight excluding hydrogens is 238 g/mol. The highest BCUT2D eigenvalue weighted by Crippen LogP contribution is 2.26. The lowest BCUT2D eigenvalue weighted by molar-refractivity contribution is 0.206. The Kier molecular flexibility index (Phi) is 6.06. The van der Waals surface area contributed by atoms with Gasteiger partial charge in [0, 0.05) is 12.5 Å². The molecular formula is C15H27N3O. The van der Waals surface area contributed by atoms with E-state index in [0.717, 1.165) is 36.6 Å². The summed E-state index contributed by atoms with van der Waals surface area (Å²) >= 11 is 0. The van der Waals surface area contributed by atoms with Crippen LogP contribution in [0.5, 0.6) is 5.88 Å². The van der Waals surface area contributed by atoms with Gasteiger partial charge in [-0.05, 0) is 26.7 Å². The molecule has 0 amide bonds. The highest BCUT2D eigenvalue weighted by Gasteiger charge is 2.15. The average molecular weight is 265 g/mol. The molecule has 0 aliphatic rings. The Hall–Kier alpha value is -1.32. The fourth-order valence-corrected chi connectivity index (χ4v) is 1.57. The van der Waals surface area contributed by atoms with Crippen LogP contribution in [-0.4, -0.2) is 22.6 Å². The topological polar surface area (TPSA) is 47.0 Å². The first kappa shape index (κ1) is 15.7. The SMILES string of the molecule is CCCNc1nc(C(C)C)nc(OC(C)CC)c1C. The van der Waals surface area contributed by atoms with E-state index in [1.54, 1.807) is 0 Å². The van der Waals surface area contributed by atoms with Crippen LogP contribution in [0.4, 0.5) is 5.82 Å². The van der Waals surface area contributed by atoms with Crippen molar-refractivity contribution in [2.45, 2.75) is 66.4 Å². The van der Waals surface area contributed by atoms with Crippen molar-refractivity contribution < 1.29 is 4.74 Å². The van der Waals surface area contributed by atoms with Crippen molar-refractivity contribution in [2.75, 3.05) is 11.9 Å². The standard InChI is InChI=1S/C15H27N3O/c1-7-9-16-14-12(6)15(19-11(5)8-2)18-13(17-14)10(3)4/h10-11H,7-9H2,1-6H3,(H,16,17,18). The molecule has 4 nitrogen and oxygen atoms in total. The van der Waals surface area contributed by atoms with Gasteiger partial charge in [0.25, 0.3) is 0 Å². The minimum absolute atomic E-state index is 0.174. The van der Waals surface area contributed by atoms with Crippen LogP contribution < -0.4 is 10.1 Å². The van der Waals surface area contributed by atoms with Gasteiger partial charge in [0.15, 0.2) is 0 Å². The minimum atomic E-state index is 0.174. The van der Waals surface area contributed by atoms with Crippen molar-refractivity contribution in [3.05, 3.63) is 11.4 Å². The Morgan fingerprint density at radius 3 is 2.37 bits per heavy atom. The summed E-state index contributed by atoms with van der Waals surface area (Å²) in [5, 5.41) is 3.36. The van der Waals surface area contributed by atoms with Crippen molar-refractivity contribution >= 4 is 5.82 Å². The van der Waals surface area contributed by atoms with Crippen molar-refractivity contribution in [3.63, 3.8) is 0 Å². The van der Waals surface area contributed by atoms with E-state index in [2.05, 4.69) is 49.9 Å². The average Bonchev–Trinajstić information content (AvgIpc) is 2.39. The fraction of sp³-hybridized carbons (Fsp3) is 0.733. The highest BCUT2D eigenvalue weighted by molar-refractivity contribution is 5.48. The second-order valence-electron chi connectivity index (χ2n) is 5.28. The van der Waals surface area contributed by atoms with Crippen molar-refractivity contribution in [3.8, 4) is 5.88 Å². The van der Waals surface area contributed by atoms with Gasteiger partial charge in [-0.3, -0.25) is 0 Å². The van der Waals surface area contributed by atoms with Crippen LogP contribution in [0.2, 0.25) is 0 Å². The Labute approximate surface area is 117 Å². The van der Waals surface area contributed by atoms with Crippen LogP contribution in [0.3, 0.4) is 0 Å². The van der Waals surface area contributed by atoms with Crippen molar-refractivity contribution in [1.82, 2.24) is 9.97 Å². The number of hydrogen-bond donors (Lipinski definition) is 1. The van der Waals surface area contributed by atoms with E-state index < -0.39 is 0 Å². The second-order valence-corrected chi connectivity index (χ2v) is 5.28. The van der Waals surface area contributed by atoms with Crippen LogP contribution in [0.25, 0.3) is 0 Å². The molecule has 0 saturated carbocycles. The quantitative estimate of drug-likeness (QED) is 0.812. The zero-order valence-corrected chi connectivity index (χ0v) is 13.1. The lowest BCUT2D eigenvalue weighted by Crippen LogP contribution is -2.15. The number of anilines is 1. The number of hydrogen-bond acceptors (Lipinski definition) is 4. The maximum Gasteiger partial charge on any atom is 0.222 e. The molecule has 19 heavy (non-hydrogen) atoms. The van der Waals surface area contributed by atoms with Crippen molar-refractivity contribution in [1.29, 1.82) is 0 Å². The molecule has 0 fully saturated rings. The summed E-state index contributed by atoms with van der Waals surface area (Å²) in [6, 6.07) is 0.